The van der Waals surface area contributed by atoms with Gasteiger partial charge >= 0.3 is 12.1 Å². The highest BCUT2D eigenvalue weighted by Gasteiger charge is 2.31. The maximum Gasteiger partial charge on any atom is 0.417 e. The summed E-state index contributed by atoms with van der Waals surface area (Å²) >= 11 is 0. The van der Waals surface area contributed by atoms with Crippen molar-refractivity contribution in [1.82, 2.24) is 9.13 Å². The first kappa shape index (κ1) is 23.8. The molecule has 0 saturated carbocycles. The molecule has 0 amide bonds. The first-order chi connectivity index (χ1) is 15.5. The number of nitrogens with zero attached hydrogens (tertiary/aromatic N) is 2. The van der Waals surface area contributed by atoms with E-state index in [9.17, 15) is 27.6 Å². The number of hydrogen-bond donors (Lipinski definition) is 0. The second-order valence-corrected chi connectivity index (χ2v) is 7.28. The number of alkyl halides is 3. The van der Waals surface area contributed by atoms with Gasteiger partial charge in [0.15, 0.2) is 6.61 Å². The van der Waals surface area contributed by atoms with Crippen LogP contribution in [-0.2, 0) is 22.3 Å². The minimum atomic E-state index is -4.66. The minimum Gasteiger partial charge on any atom is -0.497 e. The Morgan fingerprint density at radius 3 is 2.30 bits per heavy atom. The molecule has 174 valence electrons. The Kier molecular flexibility index (Phi) is 6.75. The zero-order chi connectivity index (χ0) is 24.3. The number of benzene rings is 1. The zero-order valence-corrected chi connectivity index (χ0v) is 18.1. The van der Waals surface area contributed by atoms with Crippen LogP contribution in [0.4, 0.5) is 13.2 Å². The summed E-state index contributed by atoms with van der Waals surface area (Å²) in [7, 11) is 1.56. The van der Waals surface area contributed by atoms with Crippen molar-refractivity contribution >= 4 is 11.8 Å². The fraction of sp³-hybridized carbons (Fsp3) is 0.261. The van der Waals surface area contributed by atoms with E-state index in [1.54, 1.807) is 32.2 Å². The summed E-state index contributed by atoms with van der Waals surface area (Å²) < 4.78 is 51.0. The highest BCUT2D eigenvalue weighted by molar-refractivity contribution is 5.99. The van der Waals surface area contributed by atoms with Crippen LogP contribution in [0.15, 0.2) is 53.5 Å². The molecule has 3 aromatic rings. The van der Waals surface area contributed by atoms with Crippen molar-refractivity contribution in [3.63, 3.8) is 0 Å². The van der Waals surface area contributed by atoms with Crippen molar-refractivity contribution in [3.05, 3.63) is 81.5 Å². The van der Waals surface area contributed by atoms with E-state index in [0.717, 1.165) is 17.4 Å². The lowest BCUT2D eigenvalue weighted by molar-refractivity contribution is -0.144. The van der Waals surface area contributed by atoms with Gasteiger partial charge in [-0.3, -0.25) is 14.4 Å². The Hall–Kier alpha value is -3.82. The lowest BCUT2D eigenvalue weighted by Crippen LogP contribution is -2.27. The number of aryl methyl sites for hydroxylation is 1. The van der Waals surface area contributed by atoms with E-state index in [0.29, 0.717) is 33.8 Å². The van der Waals surface area contributed by atoms with E-state index in [-0.39, 0.29) is 0 Å². The third-order valence-electron chi connectivity index (χ3n) is 5.04. The Morgan fingerprint density at radius 1 is 1.03 bits per heavy atom. The van der Waals surface area contributed by atoms with Gasteiger partial charge in [0.25, 0.3) is 5.56 Å². The van der Waals surface area contributed by atoms with Crippen LogP contribution < -0.4 is 10.3 Å². The summed E-state index contributed by atoms with van der Waals surface area (Å²) in [5, 5.41) is 0. The van der Waals surface area contributed by atoms with Crippen molar-refractivity contribution in [2.24, 2.45) is 0 Å². The Morgan fingerprint density at radius 2 is 1.70 bits per heavy atom. The second-order valence-electron chi connectivity index (χ2n) is 7.28. The molecular formula is C23H21F3N2O5. The summed E-state index contributed by atoms with van der Waals surface area (Å²) in [4.78, 5) is 36.5. The van der Waals surface area contributed by atoms with Crippen LogP contribution in [0, 0.1) is 13.8 Å². The number of carbonyl (C=O) groups is 2. The number of rotatable bonds is 7. The molecule has 2 heterocycles. The standard InChI is InChI=1S/C23H21F3N2O5/c1-14-10-19(15(2)28(14)17-5-7-18(32-3)8-6-17)20(29)13-33-22(31)12-27-11-16(23(24,25)26)4-9-21(27)30/h4-11H,12-13H2,1-3H3. The maximum atomic E-state index is 12.8. The minimum absolute atomic E-state index is 0.340. The van der Waals surface area contributed by atoms with Crippen molar-refractivity contribution in [2.75, 3.05) is 13.7 Å². The van der Waals surface area contributed by atoms with Gasteiger partial charge in [-0.2, -0.15) is 13.2 Å². The first-order valence-corrected chi connectivity index (χ1v) is 9.81. The first-order valence-electron chi connectivity index (χ1n) is 9.81. The smallest absolute Gasteiger partial charge is 0.417 e. The van der Waals surface area contributed by atoms with Crippen LogP contribution in [0.3, 0.4) is 0 Å². The SMILES string of the molecule is COc1ccc(-n2c(C)cc(C(=O)COC(=O)Cn3cc(C(F)(F)F)ccc3=O)c2C)cc1. The molecule has 7 nitrogen and oxygen atoms in total. The van der Waals surface area contributed by atoms with Crippen LogP contribution in [-0.4, -0.2) is 34.6 Å². The molecule has 0 aliphatic heterocycles. The lowest BCUT2D eigenvalue weighted by atomic mass is 10.1. The Bertz CT molecular complexity index is 1240. The molecule has 1 aromatic carbocycles. The molecule has 0 aliphatic carbocycles. The van der Waals surface area contributed by atoms with E-state index in [4.69, 9.17) is 9.47 Å². The van der Waals surface area contributed by atoms with Crippen LogP contribution >= 0.6 is 0 Å². The molecule has 0 spiro atoms. The van der Waals surface area contributed by atoms with E-state index in [1.807, 2.05) is 23.6 Å². The zero-order valence-electron chi connectivity index (χ0n) is 18.1. The molecule has 0 unspecified atom stereocenters. The summed E-state index contributed by atoms with van der Waals surface area (Å²) in [6, 6.07) is 10.2. The summed E-state index contributed by atoms with van der Waals surface area (Å²) in [5.41, 5.74) is 0.694. The van der Waals surface area contributed by atoms with Gasteiger partial charge in [0.05, 0.1) is 12.7 Å². The number of halogens is 3. The summed E-state index contributed by atoms with van der Waals surface area (Å²) in [6.07, 6.45) is -4.13. The monoisotopic (exact) mass is 462 g/mol. The predicted molar refractivity (Wildman–Crippen MR) is 113 cm³/mol. The number of ketones is 1. The summed E-state index contributed by atoms with van der Waals surface area (Å²) in [6.45, 7) is 2.20. The van der Waals surface area contributed by atoms with E-state index in [2.05, 4.69) is 0 Å². The van der Waals surface area contributed by atoms with E-state index < -0.39 is 42.2 Å². The molecule has 3 rings (SSSR count). The molecule has 0 bridgehead atoms. The topological polar surface area (TPSA) is 79.5 Å². The van der Waals surface area contributed by atoms with Crippen LogP contribution in [0.5, 0.6) is 5.75 Å². The van der Waals surface area contributed by atoms with Gasteiger partial charge in [-0.1, -0.05) is 0 Å². The molecular weight excluding hydrogens is 441 g/mol. The largest absolute Gasteiger partial charge is 0.497 e. The van der Waals surface area contributed by atoms with Crippen LogP contribution in [0.1, 0.15) is 27.3 Å². The van der Waals surface area contributed by atoms with Gasteiger partial charge in [0.1, 0.15) is 12.3 Å². The Balaban J connectivity index is 1.70. The van der Waals surface area contributed by atoms with E-state index in [1.165, 1.54) is 0 Å². The van der Waals surface area contributed by atoms with Crippen molar-refractivity contribution in [1.29, 1.82) is 0 Å². The molecule has 33 heavy (non-hydrogen) atoms. The van der Waals surface area contributed by atoms with E-state index >= 15 is 0 Å². The number of aromatic nitrogens is 2. The highest BCUT2D eigenvalue weighted by Crippen LogP contribution is 2.28. The molecule has 0 atom stereocenters. The Labute approximate surface area is 187 Å². The van der Waals surface area contributed by atoms with Crippen molar-refractivity contribution in [3.8, 4) is 11.4 Å². The van der Waals surface area contributed by atoms with Crippen molar-refractivity contribution < 1.29 is 32.2 Å². The third-order valence-corrected chi connectivity index (χ3v) is 5.04. The fourth-order valence-electron chi connectivity index (χ4n) is 3.40. The molecule has 10 heteroatoms. The maximum absolute atomic E-state index is 12.8. The quantitative estimate of drug-likeness (QED) is 0.395. The normalized spacial score (nSPS) is 11.3. The van der Waals surface area contributed by atoms with Gasteiger partial charge in [0.2, 0.25) is 5.78 Å². The van der Waals surface area contributed by atoms with Gasteiger partial charge in [-0.25, -0.2) is 0 Å². The number of carbonyl (C=O) groups excluding carboxylic acids is 2. The molecule has 0 radical (unpaired) electrons. The molecule has 0 fully saturated rings. The number of hydrogen-bond acceptors (Lipinski definition) is 5. The average molecular weight is 462 g/mol. The van der Waals surface area contributed by atoms with Gasteiger partial charge in [-0.05, 0) is 50.2 Å². The fourth-order valence-corrected chi connectivity index (χ4v) is 3.40. The predicted octanol–water partition coefficient (Wildman–Crippen LogP) is 3.71. The molecule has 2 aromatic heterocycles. The molecule has 0 saturated heterocycles. The third kappa shape index (κ3) is 5.33. The van der Waals surface area contributed by atoms with Crippen molar-refractivity contribution in [2.45, 2.75) is 26.6 Å². The van der Waals surface area contributed by atoms with Gasteiger partial charge in [-0.15, -0.1) is 0 Å². The molecule has 0 aliphatic rings. The average Bonchev–Trinajstić information content (AvgIpc) is 3.06. The van der Waals surface area contributed by atoms with Gasteiger partial charge in [0, 0.05) is 34.9 Å². The number of Topliss-reactive ketones (excluding diaryl/α,β-unsaturated/α-hetero) is 1. The lowest BCUT2D eigenvalue weighted by Gasteiger charge is -2.11. The summed E-state index contributed by atoms with van der Waals surface area (Å²) in [5.74, 6) is -0.800. The number of methoxy groups -OCH3 is 1. The number of esters is 1. The van der Waals surface area contributed by atoms with Gasteiger partial charge < -0.3 is 18.6 Å². The number of ether oxygens (including phenoxy) is 2. The highest BCUT2D eigenvalue weighted by atomic mass is 19.4. The van der Waals surface area contributed by atoms with Crippen LogP contribution in [0.2, 0.25) is 0 Å². The second kappa shape index (κ2) is 9.35. The van der Waals surface area contributed by atoms with Crippen LogP contribution in [0.25, 0.3) is 5.69 Å². The number of pyridine rings is 1. The molecule has 0 N–H and O–H groups in total.